The quantitative estimate of drug-likeness (QED) is 0.632. The van der Waals surface area contributed by atoms with Crippen LogP contribution in [0.3, 0.4) is 0 Å². The van der Waals surface area contributed by atoms with Crippen molar-refractivity contribution < 1.29 is 14.3 Å². The van der Waals surface area contributed by atoms with Crippen molar-refractivity contribution in [2.75, 3.05) is 32.1 Å². The zero-order valence-electron chi connectivity index (χ0n) is 17.4. The summed E-state index contributed by atoms with van der Waals surface area (Å²) in [6, 6.07) is 9.89. The van der Waals surface area contributed by atoms with E-state index >= 15 is 0 Å². The van der Waals surface area contributed by atoms with E-state index in [1.807, 2.05) is 18.2 Å². The van der Waals surface area contributed by atoms with Gasteiger partial charge >= 0.3 is 6.03 Å². The fourth-order valence-electron chi connectivity index (χ4n) is 4.41. The Labute approximate surface area is 183 Å². The minimum atomic E-state index is -0.805. The van der Waals surface area contributed by atoms with Crippen LogP contribution in [0.1, 0.15) is 18.7 Å². The minimum absolute atomic E-state index is 0.148. The lowest BCUT2D eigenvalue weighted by Gasteiger charge is -2.38. The molecule has 1 N–H and O–H groups in total. The first kappa shape index (κ1) is 19.9. The Bertz CT molecular complexity index is 1150. The van der Waals surface area contributed by atoms with Crippen LogP contribution < -0.4 is 10.2 Å². The summed E-state index contributed by atoms with van der Waals surface area (Å²) < 4.78 is 5.29. The van der Waals surface area contributed by atoms with Gasteiger partial charge in [0.05, 0.1) is 5.39 Å². The van der Waals surface area contributed by atoms with Gasteiger partial charge in [0.1, 0.15) is 22.8 Å². The van der Waals surface area contributed by atoms with E-state index in [-0.39, 0.29) is 11.9 Å². The van der Waals surface area contributed by atoms with Crippen LogP contribution in [0, 0.1) is 0 Å². The van der Waals surface area contributed by atoms with Gasteiger partial charge < -0.3 is 15.0 Å². The molecule has 2 aliphatic rings. The highest BCUT2D eigenvalue weighted by molar-refractivity contribution is 7.17. The van der Waals surface area contributed by atoms with Crippen LogP contribution in [0.4, 0.5) is 10.6 Å². The normalized spacial score (nSPS) is 18.3. The molecular weight excluding hydrogens is 414 g/mol. The number of rotatable bonds is 4. The number of carbonyl (C=O) groups excluding carboxylic acids is 2. The zero-order chi connectivity index (χ0) is 21.6. The molecule has 0 radical (unpaired) electrons. The summed E-state index contributed by atoms with van der Waals surface area (Å²) in [4.78, 5) is 38.5. The third kappa shape index (κ3) is 3.24. The minimum Gasteiger partial charge on any atom is -0.377 e. The Morgan fingerprint density at radius 1 is 1.16 bits per heavy atom. The number of carbonyl (C=O) groups is 2. The molecule has 0 unspecified atom stereocenters. The Hall–Kier alpha value is -3.04. The second-order valence-electron chi connectivity index (χ2n) is 7.96. The van der Waals surface area contributed by atoms with Gasteiger partial charge in [0, 0.05) is 38.2 Å². The summed E-state index contributed by atoms with van der Waals surface area (Å²) in [5.74, 6) is 1.35. The predicted molar refractivity (Wildman–Crippen MR) is 119 cm³/mol. The number of benzene rings is 1. The molecule has 0 atom stereocenters. The Balaban J connectivity index is 1.54. The Morgan fingerprint density at radius 3 is 2.55 bits per heavy atom. The van der Waals surface area contributed by atoms with Crippen LogP contribution in [0.2, 0.25) is 0 Å². The number of urea groups is 1. The van der Waals surface area contributed by atoms with Crippen molar-refractivity contribution in [2.24, 2.45) is 0 Å². The number of imide groups is 1. The van der Waals surface area contributed by atoms with E-state index < -0.39 is 5.54 Å². The highest BCUT2D eigenvalue weighted by Gasteiger charge is 2.51. The molecule has 1 spiro atoms. The highest BCUT2D eigenvalue weighted by atomic mass is 32.1. The molecular formula is C22H23N5O3S. The highest BCUT2D eigenvalue weighted by Crippen LogP contribution is 2.40. The van der Waals surface area contributed by atoms with Crippen LogP contribution >= 0.6 is 11.3 Å². The second-order valence-corrected chi connectivity index (χ2v) is 8.81. The molecule has 5 rings (SSSR count). The number of thiophene rings is 1. The van der Waals surface area contributed by atoms with Crippen LogP contribution in [-0.2, 0) is 16.1 Å². The van der Waals surface area contributed by atoms with E-state index in [2.05, 4.69) is 27.7 Å². The van der Waals surface area contributed by atoms with Crippen molar-refractivity contribution in [3.63, 3.8) is 0 Å². The van der Waals surface area contributed by atoms with Gasteiger partial charge in [-0.3, -0.25) is 9.69 Å². The van der Waals surface area contributed by atoms with Crippen molar-refractivity contribution in [2.45, 2.75) is 25.0 Å². The number of likely N-dealkylation sites (N-methyl/N-ethyl adjacent to an activating group) is 1. The van der Waals surface area contributed by atoms with E-state index in [1.54, 1.807) is 18.4 Å². The van der Waals surface area contributed by atoms with Crippen molar-refractivity contribution in [1.29, 1.82) is 0 Å². The zero-order valence-corrected chi connectivity index (χ0v) is 18.2. The fraction of sp³-hybridized carbons (Fsp3) is 0.364. The topological polar surface area (TPSA) is 87.7 Å². The van der Waals surface area contributed by atoms with Gasteiger partial charge in [-0.05, 0) is 18.4 Å². The summed E-state index contributed by atoms with van der Waals surface area (Å²) in [5.41, 5.74) is 1.41. The molecule has 0 bridgehead atoms. The van der Waals surface area contributed by atoms with Crippen molar-refractivity contribution in [3.05, 3.63) is 41.5 Å². The van der Waals surface area contributed by atoms with Crippen LogP contribution in [-0.4, -0.2) is 59.6 Å². The van der Waals surface area contributed by atoms with E-state index in [0.29, 0.717) is 38.4 Å². The van der Waals surface area contributed by atoms with Gasteiger partial charge in [-0.1, -0.05) is 30.3 Å². The standard InChI is InChI=1S/C22H23N5O3S/c1-26-20(28)22(25-21(26)29)8-10-27(11-9-22)18-17-15(14-6-4-3-5-7-14)13-31-19(17)24-16(23-18)12-30-2/h3-7,13H,8-12H2,1-2H3,(H,25,29). The molecule has 3 amide bonds. The SMILES string of the molecule is COCc1nc(N2CCC3(CC2)NC(=O)N(C)C3=O)c2c(-c3ccccc3)csc2n1. The smallest absolute Gasteiger partial charge is 0.324 e. The average Bonchev–Trinajstić information content (AvgIpc) is 3.30. The Kier molecular flexibility index (Phi) is 4.86. The number of fused-ring (bicyclic) bond motifs is 1. The van der Waals surface area contributed by atoms with Crippen LogP contribution in [0.5, 0.6) is 0 Å². The number of methoxy groups -OCH3 is 1. The molecule has 160 valence electrons. The number of hydrogen-bond acceptors (Lipinski definition) is 7. The maximum atomic E-state index is 12.7. The summed E-state index contributed by atoms with van der Waals surface area (Å²) in [7, 11) is 3.16. The lowest BCUT2D eigenvalue weighted by molar-refractivity contribution is -0.131. The van der Waals surface area contributed by atoms with Crippen molar-refractivity contribution >= 4 is 39.3 Å². The number of amides is 3. The molecule has 9 heteroatoms. The number of nitrogens with one attached hydrogen (secondary N) is 1. The molecule has 4 heterocycles. The summed E-state index contributed by atoms with van der Waals surface area (Å²) in [6.45, 7) is 1.56. The number of nitrogens with zero attached hydrogens (tertiary/aromatic N) is 4. The number of anilines is 1. The number of piperidine rings is 1. The Morgan fingerprint density at radius 2 is 1.90 bits per heavy atom. The molecule has 0 saturated carbocycles. The van der Waals surface area contributed by atoms with Crippen molar-refractivity contribution in [3.8, 4) is 11.1 Å². The average molecular weight is 438 g/mol. The largest absolute Gasteiger partial charge is 0.377 e. The van der Waals surface area contributed by atoms with Crippen molar-refractivity contribution in [1.82, 2.24) is 20.2 Å². The van der Waals surface area contributed by atoms with Crippen LogP contribution in [0.15, 0.2) is 35.7 Å². The van der Waals surface area contributed by atoms with Crippen LogP contribution in [0.25, 0.3) is 21.3 Å². The maximum absolute atomic E-state index is 12.7. The van der Waals surface area contributed by atoms with Gasteiger partial charge in [0.2, 0.25) is 0 Å². The third-order valence-electron chi connectivity index (χ3n) is 6.10. The van der Waals surface area contributed by atoms with Gasteiger partial charge in [-0.25, -0.2) is 14.8 Å². The number of ether oxygens (including phenoxy) is 1. The second kappa shape index (κ2) is 7.58. The molecule has 2 fully saturated rings. The van der Waals surface area contributed by atoms with Gasteiger partial charge in [-0.2, -0.15) is 0 Å². The lowest BCUT2D eigenvalue weighted by atomic mass is 9.87. The first-order valence-corrected chi connectivity index (χ1v) is 11.1. The van der Waals surface area contributed by atoms with E-state index in [9.17, 15) is 9.59 Å². The van der Waals surface area contributed by atoms with E-state index in [4.69, 9.17) is 14.7 Å². The predicted octanol–water partition coefficient (Wildman–Crippen LogP) is 3.03. The summed E-state index contributed by atoms with van der Waals surface area (Å²) in [5, 5.41) is 6.04. The number of hydrogen-bond donors (Lipinski definition) is 1. The molecule has 1 aromatic carbocycles. The molecule has 2 aromatic heterocycles. The lowest BCUT2D eigenvalue weighted by Crippen LogP contribution is -2.55. The molecule has 2 saturated heterocycles. The molecule has 31 heavy (non-hydrogen) atoms. The fourth-order valence-corrected chi connectivity index (χ4v) is 5.37. The first-order chi connectivity index (χ1) is 15.0. The number of aromatic nitrogens is 2. The summed E-state index contributed by atoms with van der Waals surface area (Å²) >= 11 is 1.60. The molecule has 8 nitrogen and oxygen atoms in total. The van der Waals surface area contributed by atoms with E-state index in [0.717, 1.165) is 27.2 Å². The molecule has 3 aromatic rings. The maximum Gasteiger partial charge on any atom is 0.324 e. The van der Waals surface area contributed by atoms with E-state index in [1.165, 1.54) is 11.9 Å². The molecule has 0 aliphatic carbocycles. The summed E-state index contributed by atoms with van der Waals surface area (Å²) in [6.07, 6.45) is 1.08. The molecule has 2 aliphatic heterocycles. The third-order valence-corrected chi connectivity index (χ3v) is 6.97. The van der Waals surface area contributed by atoms with Gasteiger partial charge in [-0.15, -0.1) is 11.3 Å². The monoisotopic (exact) mass is 437 g/mol. The van der Waals surface area contributed by atoms with Gasteiger partial charge in [0.25, 0.3) is 5.91 Å². The van der Waals surface area contributed by atoms with Gasteiger partial charge in [0.15, 0.2) is 5.82 Å². The first-order valence-electron chi connectivity index (χ1n) is 10.2.